The molecule has 2 atom stereocenters. The fourth-order valence-corrected chi connectivity index (χ4v) is 16.7. The van der Waals surface area contributed by atoms with E-state index in [0.717, 1.165) is 120 Å². The van der Waals surface area contributed by atoms with Gasteiger partial charge in [-0.05, 0) is 165 Å². The molecule has 2 aliphatic carbocycles. The molecule has 452 valence electrons. The Bertz CT molecular complexity index is 4800. The van der Waals surface area contributed by atoms with Gasteiger partial charge in [-0.1, -0.05) is 216 Å². The number of aromatic nitrogens is 2. The molecule has 2 unspecified atom stereocenters. The second-order valence-electron chi connectivity index (χ2n) is 26.2. The van der Waals surface area contributed by atoms with E-state index in [2.05, 4.69) is 322 Å². The summed E-state index contributed by atoms with van der Waals surface area (Å²) >= 11 is 0. The zero-order chi connectivity index (χ0) is 62.9. The molecule has 0 saturated carbocycles. The van der Waals surface area contributed by atoms with Crippen LogP contribution in [-0.2, 0) is 60.4 Å². The van der Waals surface area contributed by atoms with Gasteiger partial charge in [0.05, 0.1) is 39.8 Å². The fraction of sp³-hybridized carbons (Fsp3) is 0.200. The Hall–Kier alpha value is -10.2. The van der Waals surface area contributed by atoms with E-state index in [1.54, 1.807) is 0 Å². The highest BCUT2D eigenvalue weighted by Crippen LogP contribution is 2.64. The summed E-state index contributed by atoms with van der Waals surface area (Å²) in [7, 11) is 4.23. The maximum atomic E-state index is 17.5. The molecule has 10 aromatic carbocycles. The van der Waals surface area contributed by atoms with Gasteiger partial charge < -0.3 is 18.9 Å². The molecular weight excluding hydrogens is 1120 g/mol. The molecule has 7 heteroatoms. The lowest BCUT2D eigenvalue weighted by atomic mass is 9.83. The largest absolute Gasteiger partial charge is 0.350 e. The summed E-state index contributed by atoms with van der Waals surface area (Å²) < 4.78 is 4.43. The van der Waals surface area contributed by atoms with Gasteiger partial charge in [0.25, 0.3) is 5.91 Å². The van der Waals surface area contributed by atoms with Gasteiger partial charge in [0.15, 0.2) is 0 Å². The fourth-order valence-electron chi connectivity index (χ4n) is 16.7. The van der Waals surface area contributed by atoms with Gasteiger partial charge in [-0.25, -0.2) is 0 Å². The zero-order valence-corrected chi connectivity index (χ0v) is 53.7. The molecule has 2 aromatic heterocycles. The van der Waals surface area contributed by atoms with Gasteiger partial charge in [0.1, 0.15) is 0 Å². The number of likely N-dealkylation sites (tertiary alicyclic amines) is 1. The molecule has 16 rings (SSSR count). The van der Waals surface area contributed by atoms with Crippen LogP contribution in [-0.4, -0.2) is 30.7 Å². The molecule has 12 aromatic rings. The standard InChI is InChI=1S/C85H75N5O2/c1-9-53-29-37-57(38-30-53)77(58-39-31-54(10-2)32-40-58)59-41-47-67-69(51-86(7)75(67)49-59)80-78-79(83(92)89(80)84(5)71-25-17-13-21-63(71)64-22-14-18-26-72(64)84)81(90(82(78)91)85(6)73-27-19-15-23-65(73)66-24-16-20-28-74(66)85)70-52-87(8)76-50-62(46-48-68(70)76)88(60-42-33-55(11-3)34-43-60)61-44-35-56(12-4)36-45-61/h13-52,77,79,81H,9-12H2,1-8H3. The van der Waals surface area contributed by atoms with E-state index in [9.17, 15) is 0 Å². The molecule has 0 bridgehead atoms. The molecule has 4 heterocycles. The summed E-state index contributed by atoms with van der Waals surface area (Å²) in [6.07, 6.45) is 8.25. The quantitative estimate of drug-likeness (QED) is 0.102. The predicted octanol–water partition coefficient (Wildman–Crippen LogP) is 19.2. The van der Waals surface area contributed by atoms with Crippen LogP contribution >= 0.6 is 0 Å². The van der Waals surface area contributed by atoms with Crippen LogP contribution in [0.5, 0.6) is 0 Å². The Labute approximate surface area is 540 Å². The maximum absolute atomic E-state index is 17.5. The third kappa shape index (κ3) is 8.33. The summed E-state index contributed by atoms with van der Waals surface area (Å²) in [6.45, 7) is 13.2. The monoisotopic (exact) mass is 1200 g/mol. The topological polar surface area (TPSA) is 53.7 Å². The van der Waals surface area contributed by atoms with Crippen molar-refractivity contribution in [3.05, 3.63) is 321 Å². The molecule has 7 nitrogen and oxygen atoms in total. The van der Waals surface area contributed by atoms with E-state index in [1.165, 1.54) is 38.9 Å². The Kier molecular flexibility index (Phi) is 13.5. The van der Waals surface area contributed by atoms with Crippen LogP contribution in [0, 0.1) is 5.92 Å². The number of anilines is 3. The second-order valence-corrected chi connectivity index (χ2v) is 26.2. The van der Waals surface area contributed by atoms with Gasteiger partial charge in [-0.15, -0.1) is 0 Å². The molecule has 0 N–H and O–H groups in total. The minimum absolute atomic E-state index is 0.0425. The Morgan fingerprint density at radius 3 is 1.30 bits per heavy atom. The molecule has 2 aliphatic heterocycles. The van der Waals surface area contributed by atoms with Crippen LogP contribution in [0.3, 0.4) is 0 Å². The third-order valence-electron chi connectivity index (χ3n) is 21.5. The average Bonchev–Trinajstić information content (AvgIpc) is 1.50. The lowest BCUT2D eigenvalue weighted by molar-refractivity contribution is -0.136. The summed E-state index contributed by atoms with van der Waals surface area (Å²) in [5, 5.41) is 1.96. The molecule has 2 amide bonds. The van der Waals surface area contributed by atoms with Gasteiger partial charge in [-0.2, -0.15) is 0 Å². The second kappa shape index (κ2) is 21.7. The van der Waals surface area contributed by atoms with E-state index in [1.807, 2.05) is 0 Å². The van der Waals surface area contributed by atoms with Crippen molar-refractivity contribution in [1.29, 1.82) is 0 Å². The van der Waals surface area contributed by atoms with E-state index >= 15 is 9.59 Å². The van der Waals surface area contributed by atoms with Crippen LogP contribution in [0.1, 0.15) is 126 Å². The highest BCUT2D eigenvalue weighted by atomic mass is 16.2. The van der Waals surface area contributed by atoms with Crippen LogP contribution < -0.4 is 4.90 Å². The summed E-state index contributed by atoms with van der Waals surface area (Å²) in [6, 6.07) is 83.2. The molecule has 92 heavy (non-hydrogen) atoms. The number of amides is 2. The highest BCUT2D eigenvalue weighted by Gasteiger charge is 2.65. The molecular formula is C85H75N5O2. The summed E-state index contributed by atoms with van der Waals surface area (Å²) in [5.74, 6) is -1.20. The number of carbonyl (C=O) groups is 2. The van der Waals surface area contributed by atoms with Crippen molar-refractivity contribution in [3.63, 3.8) is 0 Å². The van der Waals surface area contributed by atoms with E-state index < -0.39 is 23.0 Å². The van der Waals surface area contributed by atoms with Crippen molar-refractivity contribution in [2.24, 2.45) is 20.0 Å². The predicted molar refractivity (Wildman–Crippen MR) is 375 cm³/mol. The Morgan fingerprint density at radius 2 is 0.826 bits per heavy atom. The van der Waals surface area contributed by atoms with Crippen molar-refractivity contribution in [3.8, 4) is 22.3 Å². The number of fused-ring (bicyclic) bond motifs is 9. The summed E-state index contributed by atoms with van der Waals surface area (Å²) in [5.41, 5.74) is 23.4. The van der Waals surface area contributed by atoms with Crippen LogP contribution in [0.15, 0.2) is 248 Å². The number of carbonyl (C=O) groups excluding carboxylic acids is 2. The van der Waals surface area contributed by atoms with E-state index in [-0.39, 0.29) is 17.7 Å². The zero-order valence-electron chi connectivity index (χ0n) is 53.7. The number of nitrogens with zero attached hydrogens (tertiary/aromatic N) is 5. The van der Waals surface area contributed by atoms with Gasteiger partial charge >= 0.3 is 0 Å². The van der Waals surface area contributed by atoms with Gasteiger partial charge in [0.2, 0.25) is 5.91 Å². The molecule has 1 fully saturated rings. The first kappa shape index (κ1) is 57.0. The molecule has 0 radical (unpaired) electrons. The minimum Gasteiger partial charge on any atom is -0.350 e. The number of hydrogen-bond acceptors (Lipinski definition) is 3. The minimum atomic E-state index is -1.02. The van der Waals surface area contributed by atoms with E-state index in [4.69, 9.17) is 0 Å². The van der Waals surface area contributed by atoms with Crippen LogP contribution in [0.4, 0.5) is 17.1 Å². The van der Waals surface area contributed by atoms with Crippen LogP contribution in [0.25, 0.3) is 49.8 Å². The highest BCUT2D eigenvalue weighted by molar-refractivity contribution is 6.19. The van der Waals surface area contributed by atoms with Crippen molar-refractivity contribution >= 4 is 56.4 Å². The average molecular weight is 1200 g/mol. The third-order valence-corrected chi connectivity index (χ3v) is 21.5. The normalized spacial score (nSPS) is 16.7. The Balaban J connectivity index is 0.947. The SMILES string of the molecule is CCc1ccc(C(c2ccc(CC)cc2)c2ccc3c(C4=C5C(=O)N(C6(C)c7ccccc7-c7ccccc76)C(c6cn(C)c7cc(N(c8ccc(CC)cc8)c8ccc(CC)cc8)ccc67)C5C(=O)N4C4(C)c5ccccc5-c5ccccc54)cn(C)c3c2)cc1. The molecule has 4 aliphatic rings. The first-order chi connectivity index (χ1) is 44.9. The first-order valence-corrected chi connectivity index (χ1v) is 33.0. The van der Waals surface area contributed by atoms with Crippen molar-refractivity contribution in [1.82, 2.24) is 18.9 Å². The van der Waals surface area contributed by atoms with Crippen molar-refractivity contribution in [2.45, 2.75) is 90.3 Å². The number of rotatable bonds is 14. The molecule has 1 saturated heterocycles. The number of aryl methyl sites for hydroxylation is 6. The van der Waals surface area contributed by atoms with Gasteiger partial charge in [0, 0.05) is 76.9 Å². The summed E-state index contributed by atoms with van der Waals surface area (Å²) in [4.78, 5) is 41.6. The van der Waals surface area contributed by atoms with Crippen LogP contribution in [0.2, 0.25) is 0 Å². The molecule has 0 spiro atoms. The van der Waals surface area contributed by atoms with E-state index in [0.29, 0.717) is 11.3 Å². The lowest BCUT2D eigenvalue weighted by Crippen LogP contribution is -2.50. The lowest BCUT2D eigenvalue weighted by Gasteiger charge is -2.44. The maximum Gasteiger partial charge on any atom is 0.254 e. The van der Waals surface area contributed by atoms with Crippen molar-refractivity contribution < 1.29 is 9.59 Å². The smallest absolute Gasteiger partial charge is 0.254 e. The first-order valence-electron chi connectivity index (χ1n) is 33.0. The van der Waals surface area contributed by atoms with Gasteiger partial charge in [-0.3, -0.25) is 14.5 Å². The number of hydrogen-bond donors (Lipinski definition) is 0. The van der Waals surface area contributed by atoms with Crippen molar-refractivity contribution in [2.75, 3.05) is 4.90 Å². The Morgan fingerprint density at radius 1 is 0.424 bits per heavy atom. The number of benzene rings is 10.